The predicted molar refractivity (Wildman–Crippen MR) is 114 cm³/mol. The number of pyridine rings is 1. The molecule has 3 fully saturated rings. The first-order chi connectivity index (χ1) is 14.3. The molecule has 7 nitrogen and oxygen atoms in total. The summed E-state index contributed by atoms with van der Waals surface area (Å²) in [5.74, 6) is 0.822. The minimum Gasteiger partial charge on any atom is -0.497 e. The van der Waals surface area contributed by atoms with Gasteiger partial charge in [-0.05, 0) is 68.0 Å². The van der Waals surface area contributed by atoms with Gasteiger partial charge in [0, 0.05) is 24.2 Å². The number of aliphatic hydroxyl groups is 2. The van der Waals surface area contributed by atoms with Crippen LogP contribution in [-0.4, -0.2) is 63.5 Å². The van der Waals surface area contributed by atoms with Gasteiger partial charge >= 0.3 is 5.97 Å². The molecule has 3 unspecified atom stereocenters. The van der Waals surface area contributed by atoms with Crippen LogP contribution in [0.3, 0.4) is 0 Å². The molecule has 2 bridgehead atoms. The zero-order chi connectivity index (χ0) is 21.8. The van der Waals surface area contributed by atoms with Crippen molar-refractivity contribution in [1.82, 2.24) is 9.88 Å². The lowest BCUT2D eigenvalue weighted by Gasteiger charge is -2.50. The summed E-state index contributed by atoms with van der Waals surface area (Å²) in [7, 11) is 1.66. The first kappa shape index (κ1) is 22.2. The molecule has 3 aliphatic rings. The SMILES string of the molecule is C=C[C@@H]1CN2CCC1C[C@H]2[C@@H](O)c1ccnc2ccc(OC)cc12.CC(O)C(=O)O. The summed E-state index contributed by atoms with van der Waals surface area (Å²) in [5, 5.41) is 27.9. The number of carboxylic acids is 1. The Morgan fingerprint density at radius 3 is 2.67 bits per heavy atom. The predicted octanol–water partition coefficient (Wildman–Crippen LogP) is 2.63. The van der Waals surface area contributed by atoms with Gasteiger partial charge in [-0.15, -0.1) is 6.58 Å². The molecule has 2 aromatic rings. The number of piperidine rings is 3. The fourth-order valence-corrected chi connectivity index (χ4v) is 4.44. The van der Waals surface area contributed by atoms with Crippen molar-refractivity contribution in [2.24, 2.45) is 11.8 Å². The van der Waals surface area contributed by atoms with Crippen molar-refractivity contribution in [3.63, 3.8) is 0 Å². The molecule has 0 amide bonds. The van der Waals surface area contributed by atoms with Crippen molar-refractivity contribution in [3.8, 4) is 5.75 Å². The van der Waals surface area contributed by atoms with E-state index in [0.717, 1.165) is 41.7 Å². The monoisotopic (exact) mass is 414 g/mol. The van der Waals surface area contributed by atoms with Gasteiger partial charge in [-0.2, -0.15) is 0 Å². The van der Waals surface area contributed by atoms with Gasteiger partial charge in [0.15, 0.2) is 0 Å². The number of ether oxygens (including phenoxy) is 1. The number of rotatable bonds is 5. The maximum atomic E-state index is 11.2. The van der Waals surface area contributed by atoms with Gasteiger partial charge in [0.05, 0.1) is 18.7 Å². The second-order valence-corrected chi connectivity index (χ2v) is 7.99. The molecule has 1 aromatic carbocycles. The van der Waals surface area contributed by atoms with Crippen molar-refractivity contribution in [3.05, 3.63) is 48.7 Å². The summed E-state index contributed by atoms with van der Waals surface area (Å²) in [6.07, 6.45) is 4.39. The van der Waals surface area contributed by atoms with Gasteiger partial charge in [0.25, 0.3) is 0 Å². The summed E-state index contributed by atoms with van der Waals surface area (Å²) in [6.45, 7) is 7.27. The molecular formula is C23H30N2O5. The quantitative estimate of drug-likeness (QED) is 0.646. The van der Waals surface area contributed by atoms with E-state index in [-0.39, 0.29) is 6.04 Å². The number of nitrogens with zero attached hydrogens (tertiary/aromatic N) is 2. The molecule has 0 aliphatic carbocycles. The topological polar surface area (TPSA) is 103 Å². The van der Waals surface area contributed by atoms with Crippen LogP contribution in [-0.2, 0) is 4.79 Å². The van der Waals surface area contributed by atoms with Crippen LogP contribution in [0.25, 0.3) is 10.9 Å². The third-order valence-electron chi connectivity index (χ3n) is 6.18. The Bertz CT molecular complexity index is 900. The lowest BCUT2D eigenvalue weighted by Crippen LogP contribution is -2.54. The van der Waals surface area contributed by atoms with Crippen molar-refractivity contribution >= 4 is 16.9 Å². The molecular weight excluding hydrogens is 384 g/mol. The van der Waals surface area contributed by atoms with Crippen LogP contribution in [0, 0.1) is 11.8 Å². The molecule has 3 aliphatic heterocycles. The minimum atomic E-state index is -1.23. The Kier molecular flexibility index (Phi) is 7.07. The van der Waals surface area contributed by atoms with E-state index in [9.17, 15) is 9.90 Å². The normalized spacial score (nSPS) is 26.9. The molecule has 6 atom stereocenters. The van der Waals surface area contributed by atoms with Gasteiger partial charge < -0.3 is 20.1 Å². The standard InChI is InChI=1S/C20H24N2O2.C3H6O3/c1-3-13-12-22-9-7-14(13)10-19(22)20(23)16-6-8-21-18-5-4-15(24-2)11-17(16)18;1-2(4)3(5)6/h3-6,8,11,13-14,19-20,23H,1,7,9-10,12H2,2H3;2,4H,1H3,(H,5,6)/t13-,14?,19+,20+;/m1./s1. The van der Waals surface area contributed by atoms with Crippen LogP contribution < -0.4 is 4.74 Å². The van der Waals surface area contributed by atoms with E-state index >= 15 is 0 Å². The molecule has 1 aromatic heterocycles. The number of aliphatic hydroxyl groups excluding tert-OH is 2. The maximum Gasteiger partial charge on any atom is 0.332 e. The van der Waals surface area contributed by atoms with Crippen LogP contribution >= 0.6 is 0 Å². The van der Waals surface area contributed by atoms with E-state index in [0.29, 0.717) is 11.8 Å². The van der Waals surface area contributed by atoms with Crippen LogP contribution in [0.2, 0.25) is 0 Å². The lowest BCUT2D eigenvalue weighted by molar-refractivity contribution is -0.145. The van der Waals surface area contributed by atoms with Gasteiger partial charge in [0.2, 0.25) is 0 Å². The summed E-state index contributed by atoms with van der Waals surface area (Å²) in [4.78, 5) is 16.3. The zero-order valence-electron chi connectivity index (χ0n) is 17.4. The largest absolute Gasteiger partial charge is 0.497 e. The summed E-state index contributed by atoms with van der Waals surface area (Å²) < 4.78 is 5.35. The van der Waals surface area contributed by atoms with Gasteiger partial charge in [0.1, 0.15) is 11.9 Å². The molecule has 30 heavy (non-hydrogen) atoms. The summed E-state index contributed by atoms with van der Waals surface area (Å²) in [6, 6.07) is 7.96. The van der Waals surface area contributed by atoms with Crippen molar-refractivity contribution in [2.45, 2.75) is 38.0 Å². The van der Waals surface area contributed by atoms with Crippen LogP contribution in [0.1, 0.15) is 31.4 Å². The van der Waals surface area contributed by atoms with Crippen LogP contribution in [0.4, 0.5) is 0 Å². The smallest absolute Gasteiger partial charge is 0.332 e. The lowest BCUT2D eigenvalue weighted by atomic mass is 9.73. The minimum absolute atomic E-state index is 0.178. The number of hydrogen-bond donors (Lipinski definition) is 3. The van der Waals surface area contributed by atoms with Gasteiger partial charge in [-0.3, -0.25) is 9.88 Å². The first-order valence-electron chi connectivity index (χ1n) is 10.2. The third kappa shape index (κ3) is 4.64. The molecule has 7 heteroatoms. The molecule has 3 N–H and O–H groups in total. The Hall–Kier alpha value is -2.48. The fourth-order valence-electron chi connectivity index (χ4n) is 4.44. The highest BCUT2D eigenvalue weighted by molar-refractivity contribution is 5.84. The highest BCUT2D eigenvalue weighted by Gasteiger charge is 2.42. The number of hydrogen-bond acceptors (Lipinski definition) is 6. The molecule has 162 valence electrons. The number of methoxy groups -OCH3 is 1. The van der Waals surface area contributed by atoms with Crippen molar-refractivity contribution in [2.75, 3.05) is 20.2 Å². The average molecular weight is 415 g/mol. The van der Waals surface area contributed by atoms with Crippen molar-refractivity contribution < 1.29 is 24.9 Å². The van der Waals surface area contributed by atoms with Crippen LogP contribution in [0.5, 0.6) is 5.75 Å². The Morgan fingerprint density at radius 2 is 2.10 bits per heavy atom. The van der Waals surface area contributed by atoms with Gasteiger partial charge in [-0.1, -0.05) is 6.08 Å². The Balaban J connectivity index is 0.000000377. The second-order valence-electron chi connectivity index (χ2n) is 7.99. The van der Waals surface area contributed by atoms with E-state index in [1.165, 1.54) is 13.3 Å². The van der Waals surface area contributed by atoms with Crippen LogP contribution in [0.15, 0.2) is 43.1 Å². The van der Waals surface area contributed by atoms with E-state index in [2.05, 4.69) is 22.5 Å². The number of carboxylic acid groups (broad SMARTS) is 1. The van der Waals surface area contributed by atoms with E-state index < -0.39 is 18.2 Å². The second kappa shape index (κ2) is 9.55. The number of benzene rings is 1. The highest BCUT2D eigenvalue weighted by atomic mass is 16.5. The number of fused-ring (bicyclic) bond motifs is 4. The Labute approximate surface area is 176 Å². The molecule has 4 heterocycles. The summed E-state index contributed by atoms with van der Waals surface area (Å²) >= 11 is 0. The molecule has 0 radical (unpaired) electrons. The zero-order valence-corrected chi connectivity index (χ0v) is 17.4. The van der Waals surface area contributed by atoms with Gasteiger partial charge in [-0.25, -0.2) is 4.79 Å². The first-order valence-corrected chi connectivity index (χ1v) is 10.2. The van der Waals surface area contributed by atoms with E-state index in [4.69, 9.17) is 14.9 Å². The Morgan fingerprint density at radius 1 is 1.37 bits per heavy atom. The molecule has 0 spiro atoms. The maximum absolute atomic E-state index is 11.2. The van der Waals surface area contributed by atoms with E-state index in [1.807, 2.05) is 24.3 Å². The fraction of sp³-hybridized carbons (Fsp3) is 0.478. The van der Waals surface area contributed by atoms with E-state index in [1.54, 1.807) is 13.3 Å². The average Bonchev–Trinajstić information content (AvgIpc) is 2.78. The molecule has 5 rings (SSSR count). The molecule has 3 saturated heterocycles. The molecule has 0 saturated carbocycles. The number of aliphatic carboxylic acids is 1. The third-order valence-corrected chi connectivity index (χ3v) is 6.18. The number of carbonyl (C=O) groups is 1. The highest BCUT2D eigenvalue weighted by Crippen LogP contribution is 2.42. The van der Waals surface area contributed by atoms with Crippen molar-refractivity contribution in [1.29, 1.82) is 0 Å². The number of aromatic nitrogens is 1. The summed E-state index contributed by atoms with van der Waals surface area (Å²) in [5.41, 5.74) is 1.85.